The van der Waals surface area contributed by atoms with Crippen LogP contribution in [0.15, 0.2) is 0 Å². The number of rotatable bonds is 34. The molecule has 3 fully saturated rings. The summed E-state index contributed by atoms with van der Waals surface area (Å²) in [6, 6.07) is 2.64. The van der Waals surface area contributed by atoms with E-state index in [0.29, 0.717) is 19.3 Å². The molecule has 3 saturated heterocycles. The van der Waals surface area contributed by atoms with Gasteiger partial charge >= 0.3 is 27.2 Å². The van der Waals surface area contributed by atoms with Crippen molar-refractivity contribution in [3.63, 3.8) is 0 Å². The van der Waals surface area contributed by atoms with Crippen molar-refractivity contribution >= 4 is 148 Å². The second-order valence-electron chi connectivity index (χ2n) is 18.6. The van der Waals surface area contributed by atoms with Gasteiger partial charge in [0.25, 0.3) is 0 Å². The fourth-order valence-corrected chi connectivity index (χ4v) is 24.6. The Labute approximate surface area is 588 Å². The number of carbonyl (C=O) groups excluding carboxylic acids is 3. The Morgan fingerprint density at radius 2 is 0.857 bits per heavy atom. The molecule has 0 bridgehead atoms. The van der Waals surface area contributed by atoms with Crippen LogP contribution in [-0.2, 0) is 227 Å². The second-order valence-corrected chi connectivity index (χ2v) is 35.2. The van der Waals surface area contributed by atoms with E-state index < -0.39 is 117 Å². The Morgan fingerprint density at radius 3 is 1.17 bits per heavy atom. The first-order valence-electron chi connectivity index (χ1n) is 23.4. The molecule has 0 aromatic carbocycles. The van der Waals surface area contributed by atoms with Gasteiger partial charge in [0, 0.05) is 251 Å². The Balaban J connectivity index is -0.00000156. The van der Waals surface area contributed by atoms with Crippen LogP contribution in [0.1, 0.15) is 59.3 Å². The molecule has 3 aliphatic heterocycles. The average Bonchev–Trinajstić information content (AvgIpc) is 3.92. The van der Waals surface area contributed by atoms with E-state index in [2.05, 4.69) is 118 Å². The Hall–Kier alpha value is 7.18. The Bertz CT molecular complexity index is 1650. The van der Waals surface area contributed by atoms with Crippen LogP contribution < -0.4 is 0 Å². The quantitative estimate of drug-likeness (QED) is 0.0285. The van der Waals surface area contributed by atoms with Gasteiger partial charge in [-0.3, -0.25) is 14.4 Å². The van der Waals surface area contributed by atoms with Crippen LogP contribution >= 0.6 is 85.2 Å². The molecule has 0 saturated carbocycles. The van der Waals surface area contributed by atoms with E-state index in [-0.39, 0.29) is 181 Å². The fourth-order valence-electron chi connectivity index (χ4n) is 8.29. The molecule has 3 rings (SSSR count). The van der Waals surface area contributed by atoms with Gasteiger partial charge in [0.05, 0.1) is 0 Å². The summed E-state index contributed by atoms with van der Waals surface area (Å²) in [5, 5.41) is 0. The Morgan fingerprint density at radius 1 is 0.519 bits per heavy atom. The molecule has 438 valence electrons. The molecule has 0 N–H and O–H groups in total. The van der Waals surface area contributed by atoms with Crippen molar-refractivity contribution in [1.29, 1.82) is 0 Å². The van der Waals surface area contributed by atoms with Crippen LogP contribution in [0.2, 0.25) is 63.1 Å². The topological polar surface area (TPSA) is 217 Å². The summed E-state index contributed by atoms with van der Waals surface area (Å²) in [6.45, 7) is 18.1. The molecule has 77 heavy (non-hydrogen) atoms. The summed E-state index contributed by atoms with van der Waals surface area (Å²) < 4.78 is 101. The molecule has 39 heteroatoms. The first-order chi connectivity index (χ1) is 34.4. The number of ether oxygens (including phenoxy) is 6. The number of carbonyl (C=O) groups is 3. The van der Waals surface area contributed by atoms with Crippen molar-refractivity contribution in [2.75, 3.05) is 26.9 Å². The van der Waals surface area contributed by atoms with E-state index in [9.17, 15) is 14.4 Å². The molecule has 0 aromatic heterocycles. The zero-order valence-corrected chi connectivity index (χ0v) is 72.7. The molecule has 8 radical (unpaired) electrons. The minimum atomic E-state index is -2.08. The summed E-state index contributed by atoms with van der Waals surface area (Å²) in [4.78, 5) is 36.9. The molecule has 21 atom stereocenters. The molecule has 0 aromatic rings. The third-order valence-electron chi connectivity index (χ3n) is 12.2. The van der Waals surface area contributed by atoms with Crippen molar-refractivity contribution in [1.82, 2.24) is 0 Å². The van der Waals surface area contributed by atoms with Crippen molar-refractivity contribution in [2.45, 2.75) is 195 Å². The van der Waals surface area contributed by atoms with Crippen molar-refractivity contribution in [3.8, 4) is 0 Å². The zero-order valence-electron chi connectivity index (χ0n) is 46.0. The summed E-state index contributed by atoms with van der Waals surface area (Å²) in [7, 11) is 15.6. The van der Waals surface area contributed by atoms with Crippen molar-refractivity contribution < 1.29 is 227 Å². The van der Waals surface area contributed by atoms with Crippen LogP contribution in [0, 0.1) is 0 Å². The van der Waals surface area contributed by atoms with E-state index in [1.807, 2.05) is 6.55 Å². The minimum Gasteiger partial charge on any atom is -0.463 e. The van der Waals surface area contributed by atoms with Gasteiger partial charge in [0.1, 0.15) is 74.8 Å². The molecule has 0 spiro atoms. The largest absolute Gasteiger partial charge is 0.463 e. The van der Waals surface area contributed by atoms with Crippen LogP contribution in [0.4, 0.5) is 0 Å². The normalized spacial score (nSPS) is 28.8. The zero-order chi connectivity index (χ0) is 55.2. The molecule has 0 aliphatic carbocycles. The summed E-state index contributed by atoms with van der Waals surface area (Å²) >= 11 is 0. The van der Waals surface area contributed by atoms with Gasteiger partial charge in [-0.25, -0.2) is 0 Å². The van der Waals surface area contributed by atoms with E-state index in [4.69, 9.17) is 81.8 Å². The molecular formula is C38H83O21P9Si5Y4. The molecule has 15 unspecified atom stereocenters. The average molecular weight is 1650 g/mol. The van der Waals surface area contributed by atoms with E-state index in [1.54, 1.807) is 27.9 Å². The van der Waals surface area contributed by atoms with Gasteiger partial charge in [-0.15, -0.1) is 0 Å². The minimum absolute atomic E-state index is 0. The third kappa shape index (κ3) is 30.4. The monoisotopic (exact) mass is 1650 g/mol. The SMILES string of the molecule is CO[Si](C)C[Si](C)CCCC(=O)OC[C@H]1O[C@](C)(OP)C(OP)C1OP.C[Si](CCCC(=O)OC[C@H]1O[C@](C)(OP)C(OP)C1OP)O[Si](C)O[Si](C)(C)CCCC(=O)OC[C@H]1O[C@](C)(OP)C(OP)C1OP.[Y].[Y].[Y].[Y]. The summed E-state index contributed by atoms with van der Waals surface area (Å²) in [5.41, 5.74) is 1.19. The van der Waals surface area contributed by atoms with Gasteiger partial charge in [0.2, 0.25) is 9.04 Å². The van der Waals surface area contributed by atoms with Crippen LogP contribution in [0.3, 0.4) is 0 Å². The first kappa shape index (κ1) is 88.4. The number of hydrogen-bond acceptors (Lipinski definition) is 21. The third-order valence-corrected chi connectivity index (χ3v) is 30.3. The first-order valence-corrected chi connectivity index (χ1v) is 39.2. The molecule has 3 aliphatic rings. The van der Waals surface area contributed by atoms with E-state index in [1.165, 1.54) is 5.67 Å². The van der Waals surface area contributed by atoms with Gasteiger partial charge in [-0.1, -0.05) is 12.6 Å². The maximum absolute atomic E-state index is 12.5. The summed E-state index contributed by atoms with van der Waals surface area (Å²) in [6.07, 6.45) is -1.46. The molecule has 0 amide bonds. The maximum atomic E-state index is 12.5. The maximum Gasteiger partial charge on any atom is 0.359 e. The van der Waals surface area contributed by atoms with E-state index in [0.717, 1.165) is 24.6 Å². The van der Waals surface area contributed by atoms with Gasteiger partial charge in [-0.2, -0.15) is 0 Å². The van der Waals surface area contributed by atoms with Gasteiger partial charge in [-0.05, 0) is 90.5 Å². The van der Waals surface area contributed by atoms with Crippen LogP contribution in [0.5, 0.6) is 0 Å². The molecular weight excluding hydrogens is 1570 g/mol. The smallest absolute Gasteiger partial charge is 0.359 e. The standard InChI is InChI=1S/C24H52O14P6Si3.C14H31O7P3Si2.4Y/c1-23(35-43)21(33-41)19(31-39)15(29-23)13-27-17(25)9-7-11-45(3)37-46(4)38-47(5,6)12-8-10-18(26)28-14-16-20(32-40)22(34-42)24(2,30-16)36-44;1-14(21-24)13(20-23)12(19-22)10(18-14)8-17-11(15)6-5-7-25(3)9-26(4)16-2;;;;/h15-16,19-22H,7-14,39-44H2,1-6H3;10,12-13H,5-9,22-24H2,1-4H3;;;;/t15-,16-,19?,20?,21?,22?,23-,24-;10-,12?,13?,14-;;;;/m11..../s1. The van der Waals surface area contributed by atoms with Crippen molar-refractivity contribution in [3.05, 3.63) is 0 Å². The molecule has 3 heterocycles. The fraction of sp³-hybridized carbons (Fsp3) is 0.921. The molecule has 21 nitrogen and oxygen atoms in total. The van der Waals surface area contributed by atoms with Gasteiger partial charge in [0.15, 0.2) is 34.7 Å². The van der Waals surface area contributed by atoms with Crippen molar-refractivity contribution in [2.24, 2.45) is 0 Å². The predicted molar refractivity (Wildman–Crippen MR) is 313 cm³/mol. The van der Waals surface area contributed by atoms with Crippen LogP contribution in [-0.4, -0.2) is 162 Å². The predicted octanol–water partition coefficient (Wildman–Crippen LogP) is 6.66. The van der Waals surface area contributed by atoms with Gasteiger partial charge < -0.3 is 81.8 Å². The van der Waals surface area contributed by atoms with E-state index >= 15 is 0 Å². The second kappa shape index (κ2) is 46.3. The summed E-state index contributed by atoms with van der Waals surface area (Å²) in [5.74, 6) is -3.98. The van der Waals surface area contributed by atoms with Crippen LogP contribution in [0.25, 0.3) is 0 Å². The Kier molecular flexibility index (Phi) is 53.1. The number of hydrogen-bond donors (Lipinski definition) is 0. The number of esters is 3.